The molecular formula is C28H32FN3O. The average Bonchev–Trinajstić information content (AvgIpc) is 2.83. The molecular weight excluding hydrogens is 413 g/mol. The van der Waals surface area contributed by atoms with Crippen LogP contribution in [-0.4, -0.2) is 30.1 Å². The summed E-state index contributed by atoms with van der Waals surface area (Å²) in [6, 6.07) is 23.6. The van der Waals surface area contributed by atoms with Crippen LogP contribution in [0, 0.1) is 5.82 Å². The number of hydrogen-bond acceptors (Lipinski definition) is 2. The van der Waals surface area contributed by atoms with E-state index < -0.39 is 0 Å². The first-order chi connectivity index (χ1) is 16.1. The Morgan fingerprint density at radius 3 is 2.58 bits per heavy atom. The molecule has 4 nitrogen and oxygen atoms in total. The van der Waals surface area contributed by atoms with Crippen LogP contribution in [-0.2, 0) is 25.8 Å². The predicted octanol–water partition coefficient (Wildman–Crippen LogP) is 5.57. The molecule has 0 spiro atoms. The Bertz CT molecular complexity index is 1070. The fourth-order valence-electron chi connectivity index (χ4n) is 4.53. The molecule has 0 radical (unpaired) electrons. The Morgan fingerprint density at radius 1 is 1.00 bits per heavy atom. The highest BCUT2D eigenvalue weighted by molar-refractivity contribution is 5.89. The highest BCUT2D eigenvalue weighted by Crippen LogP contribution is 2.25. The molecule has 1 aliphatic heterocycles. The Morgan fingerprint density at radius 2 is 1.79 bits per heavy atom. The van der Waals surface area contributed by atoms with Gasteiger partial charge in [-0.05, 0) is 72.2 Å². The van der Waals surface area contributed by atoms with Gasteiger partial charge in [0, 0.05) is 31.4 Å². The smallest absolute Gasteiger partial charge is 0.319 e. The number of nitrogens with one attached hydrogen (secondary N) is 2. The number of aryl methyl sites for hydroxylation is 1. The van der Waals surface area contributed by atoms with Crippen LogP contribution in [0.1, 0.15) is 35.6 Å². The molecule has 2 N–H and O–H groups in total. The third-order valence-corrected chi connectivity index (χ3v) is 6.35. The van der Waals surface area contributed by atoms with Crippen molar-refractivity contribution in [2.45, 2.75) is 45.2 Å². The number of urea groups is 1. The Labute approximate surface area is 195 Å². The number of carbonyl (C=O) groups is 1. The van der Waals surface area contributed by atoms with E-state index in [1.54, 1.807) is 0 Å². The van der Waals surface area contributed by atoms with Crippen molar-refractivity contribution in [2.75, 3.05) is 18.4 Å². The van der Waals surface area contributed by atoms with Crippen molar-refractivity contribution in [1.82, 2.24) is 10.2 Å². The van der Waals surface area contributed by atoms with Crippen LogP contribution in [0.2, 0.25) is 0 Å². The lowest BCUT2D eigenvalue weighted by molar-refractivity contribution is 0.168. The molecule has 3 aromatic carbocycles. The van der Waals surface area contributed by atoms with Gasteiger partial charge in [-0.2, -0.15) is 0 Å². The molecule has 0 aliphatic carbocycles. The van der Waals surface area contributed by atoms with Gasteiger partial charge in [-0.3, -0.25) is 4.90 Å². The molecule has 1 aliphatic rings. The van der Waals surface area contributed by atoms with E-state index >= 15 is 0 Å². The van der Waals surface area contributed by atoms with Crippen LogP contribution in [0.15, 0.2) is 72.8 Å². The first-order valence-corrected chi connectivity index (χ1v) is 11.8. The maximum Gasteiger partial charge on any atom is 0.319 e. The number of rotatable bonds is 8. The quantitative estimate of drug-likeness (QED) is 0.445. The fraction of sp³-hybridized carbons (Fsp3) is 0.321. The number of carbonyl (C=O) groups excluding carboxylic acids is 1. The van der Waals surface area contributed by atoms with E-state index in [4.69, 9.17) is 0 Å². The molecule has 1 heterocycles. The van der Waals surface area contributed by atoms with Gasteiger partial charge in [0.1, 0.15) is 5.82 Å². The number of amides is 2. The lowest BCUT2D eigenvalue weighted by Gasteiger charge is -2.37. The summed E-state index contributed by atoms with van der Waals surface area (Å²) in [4.78, 5) is 14.8. The standard InChI is InChI=1S/C28H32FN3O/c1-2-21-7-5-10-26(17-21)31-28(33)30-15-6-16-32-20-24-9-4-3-8-23(24)19-27(32)18-22-11-13-25(29)14-12-22/h3-5,7-14,17,27H,2,6,15-16,18-20H2,1H3,(H2,30,31,33). The maximum atomic E-state index is 13.3. The predicted molar refractivity (Wildman–Crippen MR) is 132 cm³/mol. The van der Waals surface area contributed by atoms with E-state index in [9.17, 15) is 9.18 Å². The first kappa shape index (κ1) is 23.0. The highest BCUT2D eigenvalue weighted by Gasteiger charge is 2.25. The minimum atomic E-state index is -0.199. The average molecular weight is 446 g/mol. The van der Waals surface area contributed by atoms with E-state index in [1.165, 1.54) is 28.8 Å². The SMILES string of the molecule is CCc1cccc(NC(=O)NCCCN2Cc3ccccc3CC2Cc2ccc(F)cc2)c1. The molecule has 172 valence electrons. The van der Waals surface area contributed by atoms with Gasteiger partial charge < -0.3 is 10.6 Å². The Kier molecular flexibility index (Phi) is 7.74. The van der Waals surface area contributed by atoms with Gasteiger partial charge in [-0.15, -0.1) is 0 Å². The van der Waals surface area contributed by atoms with Gasteiger partial charge in [-0.1, -0.05) is 55.5 Å². The number of anilines is 1. The minimum Gasteiger partial charge on any atom is -0.338 e. The van der Waals surface area contributed by atoms with Crippen LogP contribution < -0.4 is 10.6 Å². The summed E-state index contributed by atoms with van der Waals surface area (Å²) < 4.78 is 13.3. The summed E-state index contributed by atoms with van der Waals surface area (Å²) in [5.74, 6) is -0.199. The van der Waals surface area contributed by atoms with E-state index in [0.717, 1.165) is 50.0 Å². The van der Waals surface area contributed by atoms with Crippen molar-refractivity contribution < 1.29 is 9.18 Å². The van der Waals surface area contributed by atoms with Crippen LogP contribution in [0.5, 0.6) is 0 Å². The topological polar surface area (TPSA) is 44.4 Å². The Hall–Kier alpha value is -3.18. The third-order valence-electron chi connectivity index (χ3n) is 6.35. The number of halogens is 1. The van der Waals surface area contributed by atoms with Crippen LogP contribution >= 0.6 is 0 Å². The van der Waals surface area contributed by atoms with E-state index in [2.05, 4.69) is 52.8 Å². The van der Waals surface area contributed by atoms with Crippen molar-refractivity contribution in [2.24, 2.45) is 0 Å². The van der Waals surface area contributed by atoms with Crippen molar-refractivity contribution in [3.05, 3.63) is 101 Å². The summed E-state index contributed by atoms with van der Waals surface area (Å²) in [5.41, 5.74) is 5.93. The summed E-state index contributed by atoms with van der Waals surface area (Å²) >= 11 is 0. The molecule has 3 aromatic rings. The monoisotopic (exact) mass is 445 g/mol. The zero-order valence-electron chi connectivity index (χ0n) is 19.2. The molecule has 0 saturated heterocycles. The van der Waals surface area contributed by atoms with Gasteiger partial charge in [0.15, 0.2) is 0 Å². The molecule has 33 heavy (non-hydrogen) atoms. The molecule has 1 unspecified atom stereocenters. The van der Waals surface area contributed by atoms with E-state index in [1.807, 2.05) is 30.3 Å². The minimum absolute atomic E-state index is 0.171. The zero-order chi connectivity index (χ0) is 23.0. The van der Waals surface area contributed by atoms with Crippen LogP contribution in [0.25, 0.3) is 0 Å². The Balaban J connectivity index is 1.31. The second-order valence-corrected chi connectivity index (χ2v) is 8.72. The second-order valence-electron chi connectivity index (χ2n) is 8.72. The molecule has 0 fully saturated rings. The zero-order valence-corrected chi connectivity index (χ0v) is 19.2. The van der Waals surface area contributed by atoms with Crippen molar-refractivity contribution in [1.29, 1.82) is 0 Å². The van der Waals surface area contributed by atoms with Gasteiger partial charge >= 0.3 is 6.03 Å². The van der Waals surface area contributed by atoms with Crippen molar-refractivity contribution >= 4 is 11.7 Å². The van der Waals surface area contributed by atoms with Crippen LogP contribution in [0.3, 0.4) is 0 Å². The van der Waals surface area contributed by atoms with E-state index in [0.29, 0.717) is 12.6 Å². The third kappa shape index (κ3) is 6.42. The number of benzene rings is 3. The summed E-state index contributed by atoms with van der Waals surface area (Å²) in [7, 11) is 0. The lowest BCUT2D eigenvalue weighted by Crippen LogP contribution is -2.43. The molecule has 0 saturated carbocycles. The molecule has 0 aromatic heterocycles. The van der Waals surface area contributed by atoms with Crippen molar-refractivity contribution in [3.8, 4) is 0 Å². The lowest BCUT2D eigenvalue weighted by atomic mass is 9.90. The molecule has 4 rings (SSSR count). The fourth-order valence-corrected chi connectivity index (χ4v) is 4.53. The van der Waals surface area contributed by atoms with Gasteiger partial charge in [-0.25, -0.2) is 9.18 Å². The van der Waals surface area contributed by atoms with Gasteiger partial charge in [0.05, 0.1) is 0 Å². The number of hydrogen-bond donors (Lipinski definition) is 2. The maximum absolute atomic E-state index is 13.3. The largest absolute Gasteiger partial charge is 0.338 e. The molecule has 0 bridgehead atoms. The molecule has 5 heteroatoms. The second kappa shape index (κ2) is 11.1. The van der Waals surface area contributed by atoms with E-state index in [-0.39, 0.29) is 11.8 Å². The highest BCUT2D eigenvalue weighted by atomic mass is 19.1. The first-order valence-electron chi connectivity index (χ1n) is 11.8. The van der Waals surface area contributed by atoms with Crippen LogP contribution in [0.4, 0.5) is 14.9 Å². The van der Waals surface area contributed by atoms with Gasteiger partial charge in [0.25, 0.3) is 0 Å². The summed E-state index contributed by atoms with van der Waals surface area (Å²) in [5, 5.41) is 5.90. The number of fused-ring (bicyclic) bond motifs is 1. The number of nitrogens with zero attached hydrogens (tertiary/aromatic N) is 1. The summed E-state index contributed by atoms with van der Waals surface area (Å²) in [6.45, 7) is 4.51. The molecule has 2 amide bonds. The summed E-state index contributed by atoms with van der Waals surface area (Å²) in [6.07, 6.45) is 3.67. The van der Waals surface area contributed by atoms with Gasteiger partial charge in [0.2, 0.25) is 0 Å². The molecule has 1 atom stereocenters. The normalized spacial score (nSPS) is 15.6. The van der Waals surface area contributed by atoms with Crippen molar-refractivity contribution in [3.63, 3.8) is 0 Å².